The molecule has 0 aromatic heterocycles. The number of piperidine rings is 1. The lowest BCUT2D eigenvalue weighted by atomic mass is 9.87. The maximum Gasteiger partial charge on any atom is 0.122 e. The maximum atomic E-state index is 10.4. The Labute approximate surface area is 109 Å². The second-order valence-corrected chi connectivity index (χ2v) is 5.77. The molecule has 18 heavy (non-hydrogen) atoms. The minimum Gasteiger partial charge on any atom is -0.507 e. The van der Waals surface area contributed by atoms with Crippen LogP contribution in [0, 0.1) is 0 Å². The van der Waals surface area contributed by atoms with Crippen LogP contribution in [0.5, 0.6) is 5.75 Å². The van der Waals surface area contributed by atoms with Crippen LogP contribution in [0.3, 0.4) is 0 Å². The van der Waals surface area contributed by atoms with Crippen molar-refractivity contribution in [1.82, 2.24) is 5.32 Å². The van der Waals surface area contributed by atoms with E-state index in [4.69, 9.17) is 0 Å². The van der Waals surface area contributed by atoms with Gasteiger partial charge in [-0.2, -0.15) is 0 Å². The van der Waals surface area contributed by atoms with Crippen LogP contribution in [0.2, 0.25) is 0 Å². The number of fused-ring (bicyclic) bond motifs is 1. The minimum atomic E-state index is 0.561. The normalized spacial score (nSPS) is 23.7. The number of rotatable bonds is 2. The van der Waals surface area contributed by atoms with Crippen molar-refractivity contribution < 1.29 is 5.11 Å². The van der Waals surface area contributed by atoms with Gasteiger partial charge in [0.25, 0.3) is 0 Å². The summed E-state index contributed by atoms with van der Waals surface area (Å²) < 4.78 is 0. The van der Waals surface area contributed by atoms with Crippen LogP contribution in [0.4, 0.5) is 0 Å². The molecule has 98 valence electrons. The van der Waals surface area contributed by atoms with Crippen molar-refractivity contribution in [2.45, 2.75) is 57.4 Å². The molecule has 2 N–H and O–H groups in total. The van der Waals surface area contributed by atoms with Gasteiger partial charge in [0.1, 0.15) is 5.75 Å². The highest BCUT2D eigenvalue weighted by Gasteiger charge is 2.19. The number of hydrogen-bond donors (Lipinski definition) is 2. The molecule has 1 aromatic rings. The third-order valence-corrected chi connectivity index (χ3v) is 4.46. The SMILES string of the molecule is Oc1c(CC2CCCCN2)ccc2c1CCCC2. The third kappa shape index (κ3) is 2.39. The molecule has 2 aliphatic rings. The molecule has 1 aliphatic carbocycles. The molecule has 1 heterocycles. The van der Waals surface area contributed by atoms with Crippen LogP contribution in [0.1, 0.15) is 48.8 Å². The lowest BCUT2D eigenvalue weighted by Crippen LogP contribution is -2.35. The summed E-state index contributed by atoms with van der Waals surface area (Å²) in [5.74, 6) is 0.597. The summed E-state index contributed by atoms with van der Waals surface area (Å²) in [6, 6.07) is 4.95. The van der Waals surface area contributed by atoms with E-state index in [0.29, 0.717) is 11.8 Å². The van der Waals surface area contributed by atoms with Crippen LogP contribution >= 0.6 is 0 Å². The van der Waals surface area contributed by atoms with Gasteiger partial charge in [-0.05, 0) is 68.2 Å². The number of hydrogen-bond acceptors (Lipinski definition) is 2. The standard InChI is InChI=1S/C16H23NO/c18-16-13(11-14-6-3-4-10-17-14)9-8-12-5-1-2-7-15(12)16/h8-9,14,17-18H,1-7,10-11H2. The molecule has 1 atom stereocenters. The van der Waals surface area contributed by atoms with E-state index in [1.807, 2.05) is 0 Å². The first kappa shape index (κ1) is 12.0. The summed E-state index contributed by atoms with van der Waals surface area (Å²) in [5.41, 5.74) is 3.75. The van der Waals surface area contributed by atoms with Crippen LogP contribution in [-0.2, 0) is 19.3 Å². The number of benzene rings is 1. The first-order valence-corrected chi connectivity index (χ1v) is 7.40. The third-order valence-electron chi connectivity index (χ3n) is 4.46. The number of nitrogens with one attached hydrogen (secondary N) is 1. The molecule has 0 saturated carbocycles. The molecule has 0 radical (unpaired) electrons. The fourth-order valence-corrected chi connectivity index (χ4v) is 3.39. The Balaban J connectivity index is 1.79. The number of phenols is 1. The largest absolute Gasteiger partial charge is 0.507 e. The van der Waals surface area contributed by atoms with Crippen molar-refractivity contribution in [3.63, 3.8) is 0 Å². The van der Waals surface area contributed by atoms with Gasteiger partial charge in [-0.25, -0.2) is 0 Å². The molecule has 0 amide bonds. The maximum absolute atomic E-state index is 10.4. The van der Waals surface area contributed by atoms with Gasteiger partial charge in [-0.3, -0.25) is 0 Å². The van der Waals surface area contributed by atoms with E-state index in [1.165, 1.54) is 43.2 Å². The molecule has 1 aliphatic heterocycles. The Morgan fingerprint density at radius 1 is 1.11 bits per heavy atom. The lowest BCUT2D eigenvalue weighted by Gasteiger charge is -2.25. The van der Waals surface area contributed by atoms with Gasteiger partial charge in [-0.15, -0.1) is 0 Å². The molecule has 3 rings (SSSR count). The predicted octanol–water partition coefficient (Wildman–Crippen LogP) is 2.96. The molecule has 1 aromatic carbocycles. The molecule has 1 saturated heterocycles. The first-order chi connectivity index (χ1) is 8.84. The van der Waals surface area contributed by atoms with E-state index in [-0.39, 0.29) is 0 Å². The Kier molecular flexibility index (Phi) is 3.55. The van der Waals surface area contributed by atoms with Gasteiger partial charge in [0.15, 0.2) is 0 Å². The van der Waals surface area contributed by atoms with Crippen LogP contribution in [0.15, 0.2) is 12.1 Å². The van der Waals surface area contributed by atoms with Crippen LogP contribution in [0.25, 0.3) is 0 Å². The van der Waals surface area contributed by atoms with Crippen molar-refractivity contribution in [2.75, 3.05) is 6.54 Å². The predicted molar refractivity (Wildman–Crippen MR) is 74.1 cm³/mol. The number of aromatic hydroxyl groups is 1. The van der Waals surface area contributed by atoms with Crippen molar-refractivity contribution in [2.24, 2.45) is 0 Å². The van der Waals surface area contributed by atoms with Gasteiger partial charge >= 0.3 is 0 Å². The van der Waals surface area contributed by atoms with Gasteiger partial charge < -0.3 is 10.4 Å². The van der Waals surface area contributed by atoms with Gasteiger partial charge in [0, 0.05) is 6.04 Å². The Bertz CT molecular complexity index is 421. The van der Waals surface area contributed by atoms with Crippen molar-refractivity contribution in [1.29, 1.82) is 0 Å². The highest BCUT2D eigenvalue weighted by molar-refractivity contribution is 5.47. The molecule has 0 spiro atoms. The fourth-order valence-electron chi connectivity index (χ4n) is 3.39. The Hall–Kier alpha value is -1.02. The van der Waals surface area contributed by atoms with E-state index in [0.717, 1.165) is 31.4 Å². The van der Waals surface area contributed by atoms with Crippen molar-refractivity contribution in [3.05, 3.63) is 28.8 Å². The zero-order valence-electron chi connectivity index (χ0n) is 11.0. The Morgan fingerprint density at radius 2 is 2.00 bits per heavy atom. The van der Waals surface area contributed by atoms with Crippen LogP contribution in [-0.4, -0.2) is 17.7 Å². The Morgan fingerprint density at radius 3 is 2.83 bits per heavy atom. The fraction of sp³-hybridized carbons (Fsp3) is 0.625. The monoisotopic (exact) mass is 245 g/mol. The zero-order valence-corrected chi connectivity index (χ0v) is 11.0. The topological polar surface area (TPSA) is 32.3 Å². The molecule has 0 bridgehead atoms. The highest BCUT2D eigenvalue weighted by atomic mass is 16.3. The number of phenolic OH excluding ortho intramolecular Hbond substituents is 1. The molecule has 1 unspecified atom stereocenters. The van der Waals surface area contributed by atoms with E-state index in [2.05, 4.69) is 17.4 Å². The van der Waals surface area contributed by atoms with Crippen molar-refractivity contribution in [3.8, 4) is 5.75 Å². The smallest absolute Gasteiger partial charge is 0.122 e. The average Bonchev–Trinajstić information content (AvgIpc) is 2.43. The lowest BCUT2D eigenvalue weighted by molar-refractivity contribution is 0.390. The van der Waals surface area contributed by atoms with E-state index >= 15 is 0 Å². The van der Waals surface area contributed by atoms with E-state index < -0.39 is 0 Å². The van der Waals surface area contributed by atoms with Gasteiger partial charge in [0.05, 0.1) is 0 Å². The van der Waals surface area contributed by atoms with Crippen LogP contribution < -0.4 is 5.32 Å². The summed E-state index contributed by atoms with van der Waals surface area (Å²) in [4.78, 5) is 0. The minimum absolute atomic E-state index is 0.561. The van der Waals surface area contributed by atoms with Crippen molar-refractivity contribution >= 4 is 0 Å². The van der Waals surface area contributed by atoms with E-state index in [9.17, 15) is 5.11 Å². The molecular weight excluding hydrogens is 222 g/mol. The summed E-state index contributed by atoms with van der Waals surface area (Å²) in [6.07, 6.45) is 9.56. The van der Waals surface area contributed by atoms with E-state index in [1.54, 1.807) is 0 Å². The van der Waals surface area contributed by atoms with Gasteiger partial charge in [0.2, 0.25) is 0 Å². The zero-order chi connectivity index (χ0) is 12.4. The molecular formula is C16H23NO. The van der Waals surface area contributed by atoms with Gasteiger partial charge in [-0.1, -0.05) is 18.6 Å². The second-order valence-electron chi connectivity index (χ2n) is 5.77. The molecule has 1 fully saturated rings. The average molecular weight is 245 g/mol. The summed E-state index contributed by atoms with van der Waals surface area (Å²) >= 11 is 0. The molecule has 2 nitrogen and oxygen atoms in total. The highest BCUT2D eigenvalue weighted by Crippen LogP contribution is 2.33. The summed E-state index contributed by atoms with van der Waals surface area (Å²) in [7, 11) is 0. The number of aryl methyl sites for hydroxylation is 1. The second kappa shape index (κ2) is 5.31. The summed E-state index contributed by atoms with van der Waals surface area (Å²) in [5, 5.41) is 14.0. The molecule has 2 heteroatoms. The quantitative estimate of drug-likeness (QED) is 0.839. The summed E-state index contributed by atoms with van der Waals surface area (Å²) in [6.45, 7) is 1.14. The first-order valence-electron chi connectivity index (χ1n) is 7.40.